The summed E-state index contributed by atoms with van der Waals surface area (Å²) < 4.78 is 16.3. The van der Waals surface area contributed by atoms with Gasteiger partial charge in [0.15, 0.2) is 5.69 Å². The fraction of sp³-hybridized carbons (Fsp3) is 0.0380. The molecule has 0 aliphatic carbocycles. The summed E-state index contributed by atoms with van der Waals surface area (Å²) >= 11 is 0. The summed E-state index contributed by atoms with van der Waals surface area (Å²) in [6, 6.07) is 90.5. The monoisotopic (exact) mass is 1610 g/mol. The van der Waals surface area contributed by atoms with Crippen molar-refractivity contribution in [1.82, 2.24) is 68.7 Å². The van der Waals surface area contributed by atoms with Crippen molar-refractivity contribution in [2.45, 2.75) is 19.3 Å². The predicted molar refractivity (Wildman–Crippen MR) is 369 cm³/mol. The molecule has 0 amide bonds. The minimum absolute atomic E-state index is 0. The Morgan fingerprint density at radius 2 is 1.02 bits per heavy atom. The van der Waals surface area contributed by atoms with Crippen molar-refractivity contribution >= 4 is 104 Å². The van der Waals surface area contributed by atoms with E-state index in [1.165, 1.54) is 0 Å². The fourth-order valence-electron chi connectivity index (χ4n) is 14.0. The number of aryl methyl sites for hydroxylation is 2. The quantitative estimate of drug-likeness (QED) is 0.0775. The number of benzene rings is 10. The molecular weight excluding hydrogens is 1570 g/mol. The molecule has 0 saturated carbocycles. The van der Waals surface area contributed by atoms with Gasteiger partial charge < -0.3 is 13.9 Å². The van der Waals surface area contributed by atoms with Gasteiger partial charge in [-0.1, -0.05) is 185 Å². The molecule has 0 N–H and O–H groups in total. The molecule has 0 atom stereocenters. The van der Waals surface area contributed by atoms with Crippen molar-refractivity contribution in [3.05, 3.63) is 318 Å². The summed E-state index contributed by atoms with van der Waals surface area (Å²) in [7, 11) is 0. The zero-order chi connectivity index (χ0) is 63.3. The Bertz CT molecular complexity index is 6280. The van der Waals surface area contributed by atoms with Crippen LogP contribution in [0.3, 0.4) is 0 Å². The number of ether oxygens (including phenoxy) is 1. The molecule has 97 heavy (non-hydrogen) atoms. The Hall–Kier alpha value is -11.9. The Morgan fingerprint density at radius 1 is 0.454 bits per heavy atom. The van der Waals surface area contributed by atoms with Gasteiger partial charge in [-0.3, -0.25) is 9.55 Å². The molecule has 0 fully saturated rings. The van der Waals surface area contributed by atoms with Gasteiger partial charge >= 0.3 is 42.1 Å². The van der Waals surface area contributed by atoms with Gasteiger partial charge in [0, 0.05) is 46.6 Å². The van der Waals surface area contributed by atoms with E-state index in [1.54, 1.807) is 15.1 Å². The fourth-order valence-corrected chi connectivity index (χ4v) is 14.0. The molecule has 464 valence electrons. The average molecular weight is 1610 g/mol. The van der Waals surface area contributed by atoms with E-state index in [0.717, 1.165) is 133 Å². The summed E-state index contributed by atoms with van der Waals surface area (Å²) in [5.41, 5.74) is 13.4. The van der Waals surface area contributed by atoms with Crippen LogP contribution < -0.4 is 4.74 Å². The van der Waals surface area contributed by atoms with Gasteiger partial charge in [0.2, 0.25) is 5.95 Å². The molecule has 18 heteroatoms. The number of para-hydroxylation sites is 4. The molecule has 0 spiro atoms. The van der Waals surface area contributed by atoms with Crippen molar-refractivity contribution in [3.63, 3.8) is 0 Å². The molecule has 19 rings (SSSR count). The van der Waals surface area contributed by atoms with E-state index in [2.05, 4.69) is 215 Å². The third kappa shape index (κ3) is 9.44. The molecular formula is C79H47N15OPt2. The first kappa shape index (κ1) is 60.1. The maximum atomic E-state index is 7.74. The maximum absolute atomic E-state index is 7.74. The first-order valence-electron chi connectivity index (χ1n) is 30.8. The predicted octanol–water partition coefficient (Wildman–Crippen LogP) is 16.6. The van der Waals surface area contributed by atoms with Crippen LogP contribution in [0.1, 0.15) is 33.5 Å². The summed E-state index contributed by atoms with van der Waals surface area (Å²) in [4.78, 5) is 18.7. The Balaban J connectivity index is 0.000000149. The third-order valence-electron chi connectivity index (χ3n) is 18.1. The van der Waals surface area contributed by atoms with Crippen LogP contribution in [0.15, 0.2) is 249 Å². The largest absolute Gasteiger partial charge is 2.00 e. The average Bonchev–Trinajstić information content (AvgIpc) is 1.69. The molecule has 10 aromatic carbocycles. The van der Waals surface area contributed by atoms with Gasteiger partial charge in [-0.2, -0.15) is 16.3 Å². The van der Waals surface area contributed by atoms with E-state index in [9.17, 15) is 0 Å². The molecule has 0 aliphatic rings. The van der Waals surface area contributed by atoms with Gasteiger partial charge in [-0.05, 0) is 121 Å². The standard InChI is InChI=1S/C42H25N7.C37H22N8O.2Pt/c1-3-13-28(14-4-1)42(29-15-5-2-6-16-29,30-22-23-31-32-17-8-10-20-37(32)49-41(34(31)25-30)45-46-47-49)39-26-38-35(27-44-39)33-18-7-9-19-36(33)48(38)40-21-11-12-24-43-40;1-22-8-6-9-23(2)35(22)43-19-18-39-37(43)44-31-12-5-4-10-26(31)27-16-14-25(21-33(27)44)46-24-15-17-28-29(20-24)36-40-41-42-45(36)32-13-7-11-30(38-3)34(28)32;;/h1-24,27H;4-19H,1-2H3;;/q2*-2;2*+2. The number of nitrogens with zero attached hydrogens (tertiary/aromatic N) is 15. The molecule has 16 nitrogen and oxygen atoms in total. The zero-order valence-corrected chi connectivity index (χ0v) is 56.0. The Labute approximate surface area is 582 Å². The SMILES string of the molecule is [C-]#[N+]c1cccc2c1c1ccc(Oc3[c-]c4c(cc3)c3ccccc3n4-c3nccn3-c3c(C)cccc3C)[c-]c1c1nnnn21.[Pt+2].[Pt+2].[c-]1c(C(c2ccccc2)(c2ccccc2)c2[c-]c3c(cn2)c2ccccc2n3-c2ccccn2)ccc2c1c1nnnn1c1ccccc21. The number of imidazole rings is 1. The minimum atomic E-state index is -0.910. The molecule has 0 unspecified atom stereocenters. The van der Waals surface area contributed by atoms with Crippen molar-refractivity contribution in [2.75, 3.05) is 0 Å². The molecule has 19 aromatic rings. The Kier molecular flexibility index (Phi) is 15.0. The number of rotatable bonds is 9. The number of aromatic nitrogens is 14. The first-order valence-corrected chi connectivity index (χ1v) is 30.8. The first-order chi connectivity index (χ1) is 46.9. The van der Waals surface area contributed by atoms with E-state index in [1.807, 2.05) is 116 Å². The van der Waals surface area contributed by atoms with Crippen LogP contribution in [0.2, 0.25) is 0 Å². The van der Waals surface area contributed by atoms with Crippen LogP contribution in [0.5, 0.6) is 11.5 Å². The molecule has 9 heterocycles. The summed E-state index contributed by atoms with van der Waals surface area (Å²) in [5, 5.41) is 34.7. The second-order valence-corrected chi connectivity index (χ2v) is 23.3. The van der Waals surface area contributed by atoms with E-state index in [0.29, 0.717) is 33.9 Å². The third-order valence-corrected chi connectivity index (χ3v) is 18.1. The van der Waals surface area contributed by atoms with Crippen LogP contribution in [-0.4, -0.2) is 68.7 Å². The van der Waals surface area contributed by atoms with Crippen LogP contribution in [0.4, 0.5) is 5.69 Å². The van der Waals surface area contributed by atoms with Crippen molar-refractivity contribution in [2.24, 2.45) is 0 Å². The van der Waals surface area contributed by atoms with Crippen LogP contribution >= 0.6 is 0 Å². The number of hydrogen-bond acceptors (Lipinski definition) is 10. The van der Waals surface area contributed by atoms with Gasteiger partial charge in [0.25, 0.3) is 0 Å². The van der Waals surface area contributed by atoms with Crippen LogP contribution in [0.25, 0.3) is 121 Å². The number of fused-ring (bicyclic) bond motifs is 18. The van der Waals surface area contributed by atoms with Crippen molar-refractivity contribution < 1.29 is 46.9 Å². The number of pyridine rings is 4. The molecule has 0 aliphatic heterocycles. The zero-order valence-electron chi connectivity index (χ0n) is 51.4. The van der Waals surface area contributed by atoms with E-state index in [4.69, 9.17) is 26.3 Å². The summed E-state index contributed by atoms with van der Waals surface area (Å²) in [5.74, 6) is 2.58. The summed E-state index contributed by atoms with van der Waals surface area (Å²) in [6.45, 7) is 12.0. The van der Waals surface area contributed by atoms with E-state index in [-0.39, 0.29) is 42.1 Å². The van der Waals surface area contributed by atoms with Crippen LogP contribution in [0, 0.1) is 44.7 Å². The minimum Gasteiger partial charge on any atom is -0.503 e. The smallest absolute Gasteiger partial charge is 0.503 e. The van der Waals surface area contributed by atoms with Gasteiger partial charge in [-0.25, -0.2) is 29.9 Å². The second-order valence-electron chi connectivity index (χ2n) is 23.3. The molecule has 0 bridgehead atoms. The van der Waals surface area contributed by atoms with E-state index < -0.39 is 5.41 Å². The van der Waals surface area contributed by atoms with Gasteiger partial charge in [-0.15, -0.1) is 69.7 Å². The second kappa shape index (κ2) is 24.2. The number of hydrogen-bond donors (Lipinski definition) is 0. The van der Waals surface area contributed by atoms with Gasteiger partial charge in [0.1, 0.15) is 17.1 Å². The van der Waals surface area contributed by atoms with Crippen molar-refractivity contribution in [3.8, 4) is 29.0 Å². The molecule has 0 radical (unpaired) electrons. The molecule has 0 saturated heterocycles. The van der Waals surface area contributed by atoms with Crippen LogP contribution in [-0.2, 0) is 47.5 Å². The maximum Gasteiger partial charge on any atom is 2.00 e. The molecule has 9 aromatic heterocycles. The number of tetrazole rings is 2. The summed E-state index contributed by atoms with van der Waals surface area (Å²) in [6.07, 6.45) is 7.64. The van der Waals surface area contributed by atoms with Gasteiger partial charge in [0.05, 0.1) is 23.2 Å². The van der Waals surface area contributed by atoms with E-state index >= 15 is 0 Å². The Morgan fingerprint density at radius 3 is 1.71 bits per heavy atom. The van der Waals surface area contributed by atoms with Crippen molar-refractivity contribution in [1.29, 1.82) is 0 Å². The topological polar surface area (TPSA) is 153 Å². The normalized spacial score (nSPS) is 11.6.